The first-order valence-corrected chi connectivity index (χ1v) is 6.31. The van der Waals surface area contributed by atoms with Gasteiger partial charge in [0.15, 0.2) is 0 Å². The van der Waals surface area contributed by atoms with Crippen LogP contribution in [0.5, 0.6) is 0 Å². The Hall–Kier alpha value is -1.55. The topological polar surface area (TPSA) is 64.3 Å². The normalized spacial score (nSPS) is 10.6. The lowest BCUT2D eigenvalue weighted by molar-refractivity contribution is -0.116. The van der Waals surface area contributed by atoms with Gasteiger partial charge in [-0.25, -0.2) is 0 Å². The van der Waals surface area contributed by atoms with Gasteiger partial charge < -0.3 is 15.8 Å². The van der Waals surface area contributed by atoms with Gasteiger partial charge in [-0.3, -0.25) is 4.79 Å². The van der Waals surface area contributed by atoms with Gasteiger partial charge in [-0.2, -0.15) is 0 Å². The van der Waals surface area contributed by atoms with E-state index in [1.165, 1.54) is 0 Å². The molecule has 3 N–H and O–H groups in total. The van der Waals surface area contributed by atoms with Gasteiger partial charge in [0.1, 0.15) is 0 Å². The van der Waals surface area contributed by atoms with Gasteiger partial charge in [0.2, 0.25) is 5.91 Å². The average molecular weight is 250 g/mol. The molecule has 100 valence electrons. The molecule has 0 aliphatic carbocycles. The monoisotopic (exact) mass is 250 g/mol. The number of carbonyl (C=O) groups excluding carboxylic acids is 1. The summed E-state index contributed by atoms with van der Waals surface area (Å²) >= 11 is 0. The summed E-state index contributed by atoms with van der Waals surface area (Å²) in [6, 6.07) is 7.17. The summed E-state index contributed by atoms with van der Waals surface area (Å²) in [6.07, 6.45) is 1.20. The van der Waals surface area contributed by atoms with Gasteiger partial charge >= 0.3 is 0 Å². The summed E-state index contributed by atoms with van der Waals surface area (Å²) in [5, 5.41) is 2.81. The van der Waals surface area contributed by atoms with Crippen molar-refractivity contribution in [3.05, 3.63) is 24.3 Å². The number of benzene rings is 1. The zero-order valence-corrected chi connectivity index (χ0v) is 11.1. The van der Waals surface area contributed by atoms with E-state index in [1.807, 2.05) is 12.1 Å². The van der Waals surface area contributed by atoms with Crippen molar-refractivity contribution in [1.29, 1.82) is 0 Å². The first kappa shape index (κ1) is 14.5. The molecule has 0 atom stereocenters. The van der Waals surface area contributed by atoms with E-state index >= 15 is 0 Å². The van der Waals surface area contributed by atoms with E-state index in [1.54, 1.807) is 12.1 Å². The Labute approximate surface area is 109 Å². The molecule has 0 aliphatic heterocycles. The number of anilines is 2. The predicted molar refractivity (Wildman–Crippen MR) is 74.4 cm³/mol. The van der Waals surface area contributed by atoms with Crippen LogP contribution in [0.3, 0.4) is 0 Å². The molecule has 1 aromatic carbocycles. The second-order valence-corrected chi connectivity index (χ2v) is 4.75. The molecule has 0 spiro atoms. The summed E-state index contributed by atoms with van der Waals surface area (Å²) in [7, 11) is 0. The van der Waals surface area contributed by atoms with Crippen LogP contribution in [0.1, 0.15) is 26.7 Å². The first-order chi connectivity index (χ1) is 8.58. The number of nitrogens with one attached hydrogen (secondary N) is 1. The molecule has 0 saturated heterocycles. The van der Waals surface area contributed by atoms with Gasteiger partial charge in [0, 0.05) is 31.0 Å². The molecule has 1 aromatic rings. The Morgan fingerprint density at radius 2 is 2.22 bits per heavy atom. The van der Waals surface area contributed by atoms with E-state index in [-0.39, 0.29) is 5.91 Å². The highest BCUT2D eigenvalue weighted by Gasteiger charge is 2.02. The Bertz CT molecular complexity index is 378. The summed E-state index contributed by atoms with van der Waals surface area (Å²) in [5.74, 6) is 0.528. The highest BCUT2D eigenvalue weighted by molar-refractivity contribution is 5.91. The van der Waals surface area contributed by atoms with Crippen molar-refractivity contribution in [2.75, 3.05) is 24.3 Å². The molecule has 0 heterocycles. The van der Waals surface area contributed by atoms with E-state index in [4.69, 9.17) is 10.5 Å². The number of amides is 1. The second-order valence-electron chi connectivity index (χ2n) is 4.75. The smallest absolute Gasteiger partial charge is 0.224 e. The third-order valence-corrected chi connectivity index (χ3v) is 2.31. The third kappa shape index (κ3) is 6.25. The molecular formula is C14H22N2O2. The van der Waals surface area contributed by atoms with Crippen molar-refractivity contribution in [2.24, 2.45) is 5.92 Å². The quantitative estimate of drug-likeness (QED) is 0.577. The van der Waals surface area contributed by atoms with Crippen LogP contribution in [0.15, 0.2) is 24.3 Å². The molecule has 4 nitrogen and oxygen atoms in total. The lowest BCUT2D eigenvalue weighted by atomic mass is 10.2. The number of nitrogens with two attached hydrogens (primary N) is 1. The zero-order chi connectivity index (χ0) is 13.4. The molecule has 0 unspecified atom stereocenters. The van der Waals surface area contributed by atoms with Crippen molar-refractivity contribution >= 4 is 17.3 Å². The Morgan fingerprint density at radius 1 is 1.44 bits per heavy atom. The molecule has 0 bridgehead atoms. The van der Waals surface area contributed by atoms with Gasteiger partial charge in [0.05, 0.1) is 0 Å². The van der Waals surface area contributed by atoms with Crippen molar-refractivity contribution in [1.82, 2.24) is 0 Å². The maximum atomic E-state index is 11.6. The summed E-state index contributed by atoms with van der Waals surface area (Å²) in [6.45, 7) is 5.58. The van der Waals surface area contributed by atoms with Crippen molar-refractivity contribution in [3.63, 3.8) is 0 Å². The molecule has 0 aromatic heterocycles. The fourth-order valence-electron chi connectivity index (χ4n) is 1.49. The predicted octanol–water partition coefficient (Wildman–Crippen LogP) is 2.66. The van der Waals surface area contributed by atoms with E-state index in [2.05, 4.69) is 19.2 Å². The van der Waals surface area contributed by atoms with Crippen LogP contribution in [-0.2, 0) is 9.53 Å². The van der Waals surface area contributed by atoms with Crippen LogP contribution >= 0.6 is 0 Å². The average Bonchev–Trinajstić information content (AvgIpc) is 2.28. The molecule has 1 rings (SSSR count). The number of nitrogen functional groups attached to an aromatic ring is 1. The number of hydrogen-bond acceptors (Lipinski definition) is 3. The molecule has 1 amide bonds. The Balaban J connectivity index is 2.18. The molecule has 0 fully saturated rings. The highest BCUT2D eigenvalue weighted by Crippen LogP contribution is 2.12. The lowest BCUT2D eigenvalue weighted by Crippen LogP contribution is -2.13. The molecule has 0 aliphatic rings. The lowest BCUT2D eigenvalue weighted by Gasteiger charge is -2.07. The van der Waals surface area contributed by atoms with E-state index in [0.29, 0.717) is 24.6 Å². The van der Waals surface area contributed by atoms with Gasteiger partial charge in [-0.05, 0) is 30.5 Å². The van der Waals surface area contributed by atoms with Crippen LogP contribution in [0.4, 0.5) is 11.4 Å². The molecular weight excluding hydrogens is 228 g/mol. The highest BCUT2D eigenvalue weighted by atomic mass is 16.5. The molecule has 0 saturated carbocycles. The third-order valence-electron chi connectivity index (χ3n) is 2.31. The first-order valence-electron chi connectivity index (χ1n) is 6.31. The van der Waals surface area contributed by atoms with Crippen LogP contribution in [0.25, 0.3) is 0 Å². The summed E-state index contributed by atoms with van der Waals surface area (Å²) in [4.78, 5) is 11.6. The maximum absolute atomic E-state index is 11.6. The standard InChI is InChI=1S/C14H22N2O2/c1-11(2)10-18-8-4-7-14(17)16-13-6-3-5-12(15)9-13/h3,5-6,9,11H,4,7-8,10,15H2,1-2H3,(H,16,17). The van der Waals surface area contributed by atoms with E-state index in [9.17, 15) is 4.79 Å². The van der Waals surface area contributed by atoms with Gasteiger partial charge in [-0.15, -0.1) is 0 Å². The summed E-state index contributed by atoms with van der Waals surface area (Å²) < 4.78 is 5.41. The van der Waals surface area contributed by atoms with E-state index < -0.39 is 0 Å². The summed E-state index contributed by atoms with van der Waals surface area (Å²) in [5.41, 5.74) is 7.02. The largest absolute Gasteiger partial charge is 0.399 e. The van der Waals surface area contributed by atoms with Crippen molar-refractivity contribution < 1.29 is 9.53 Å². The van der Waals surface area contributed by atoms with Gasteiger partial charge in [-0.1, -0.05) is 19.9 Å². The fourth-order valence-corrected chi connectivity index (χ4v) is 1.49. The minimum Gasteiger partial charge on any atom is -0.399 e. The number of carbonyl (C=O) groups is 1. The fraction of sp³-hybridized carbons (Fsp3) is 0.500. The number of ether oxygens (including phenoxy) is 1. The minimum absolute atomic E-state index is 0.00579. The Morgan fingerprint density at radius 3 is 2.89 bits per heavy atom. The number of hydrogen-bond donors (Lipinski definition) is 2. The van der Waals surface area contributed by atoms with Crippen molar-refractivity contribution in [2.45, 2.75) is 26.7 Å². The Kier molecular flexibility index (Phi) is 6.22. The number of rotatable bonds is 7. The van der Waals surface area contributed by atoms with Gasteiger partial charge in [0.25, 0.3) is 0 Å². The van der Waals surface area contributed by atoms with Crippen LogP contribution < -0.4 is 11.1 Å². The van der Waals surface area contributed by atoms with Crippen LogP contribution in [0, 0.1) is 5.92 Å². The van der Waals surface area contributed by atoms with Crippen LogP contribution in [-0.4, -0.2) is 19.1 Å². The second kappa shape index (κ2) is 7.71. The molecule has 0 radical (unpaired) electrons. The maximum Gasteiger partial charge on any atom is 0.224 e. The van der Waals surface area contributed by atoms with Crippen LogP contribution in [0.2, 0.25) is 0 Å². The van der Waals surface area contributed by atoms with E-state index in [0.717, 1.165) is 18.7 Å². The zero-order valence-electron chi connectivity index (χ0n) is 11.1. The SMILES string of the molecule is CC(C)COCCCC(=O)Nc1cccc(N)c1. The molecule has 18 heavy (non-hydrogen) atoms. The molecule has 4 heteroatoms. The van der Waals surface area contributed by atoms with Crippen molar-refractivity contribution in [3.8, 4) is 0 Å². The minimum atomic E-state index is -0.00579.